The molecular formula is C39H84Al2. The van der Waals surface area contributed by atoms with Gasteiger partial charge in [-0.1, -0.05) is 211 Å². The zero-order valence-corrected chi connectivity index (χ0v) is 34.8. The van der Waals surface area contributed by atoms with Crippen LogP contribution in [0.3, 0.4) is 0 Å². The molecule has 0 saturated carbocycles. The van der Waals surface area contributed by atoms with Gasteiger partial charge in [0, 0.05) is 0 Å². The van der Waals surface area contributed by atoms with Crippen LogP contribution in [0.25, 0.3) is 0 Å². The average molecular weight is 607 g/mol. The first-order valence-electron chi connectivity index (χ1n) is 18.9. The fourth-order valence-corrected chi connectivity index (χ4v) is 16.9. The molecule has 41 heavy (non-hydrogen) atoms. The molecule has 0 aliphatic heterocycles. The second-order valence-electron chi connectivity index (χ2n) is 16.9. The predicted molar refractivity (Wildman–Crippen MR) is 198 cm³/mol. The summed E-state index contributed by atoms with van der Waals surface area (Å²) in [5.41, 5.74) is 0. The van der Waals surface area contributed by atoms with Gasteiger partial charge in [0.25, 0.3) is 28.3 Å². The Morgan fingerprint density at radius 3 is 0.585 bits per heavy atom. The van der Waals surface area contributed by atoms with Gasteiger partial charge in [0.05, 0.1) is 0 Å². The van der Waals surface area contributed by atoms with Crippen molar-refractivity contribution in [3.63, 3.8) is 0 Å². The van der Waals surface area contributed by atoms with Gasteiger partial charge in [0.1, 0.15) is 0 Å². The molecule has 0 amide bonds. The minimum atomic E-state index is -0.618. The van der Waals surface area contributed by atoms with E-state index in [1.807, 2.05) is 0 Å². The lowest BCUT2D eigenvalue weighted by molar-refractivity contribution is 0.378. The summed E-state index contributed by atoms with van der Waals surface area (Å²) in [5, 5.41) is 9.42. The molecule has 0 N–H and O–H groups in total. The number of hydrogen-bond acceptors (Lipinski definition) is 0. The maximum atomic E-state index is 2.52. The maximum Gasteiger partial charge on any atom is 0.262 e. The Morgan fingerprint density at radius 2 is 0.439 bits per heavy atom. The van der Waals surface area contributed by atoms with E-state index < -0.39 is 28.3 Å². The highest BCUT2D eigenvalue weighted by molar-refractivity contribution is 6.59. The van der Waals surface area contributed by atoms with Crippen LogP contribution in [0.5, 0.6) is 0 Å². The van der Waals surface area contributed by atoms with E-state index in [1.165, 1.54) is 19.3 Å². The van der Waals surface area contributed by atoms with E-state index in [0.29, 0.717) is 0 Å². The van der Waals surface area contributed by atoms with Crippen LogP contribution in [0.2, 0.25) is 31.7 Å². The van der Waals surface area contributed by atoms with Gasteiger partial charge in [0.2, 0.25) is 0 Å². The fourth-order valence-electron chi connectivity index (χ4n) is 6.45. The van der Waals surface area contributed by atoms with Crippen LogP contribution >= 0.6 is 0 Å². The summed E-state index contributed by atoms with van der Waals surface area (Å²) < 4.78 is 0. The van der Waals surface area contributed by atoms with Gasteiger partial charge in [0.15, 0.2) is 0 Å². The van der Waals surface area contributed by atoms with Crippen LogP contribution < -0.4 is 0 Å². The van der Waals surface area contributed by atoms with Crippen molar-refractivity contribution in [3.8, 4) is 0 Å². The van der Waals surface area contributed by atoms with E-state index in [-0.39, 0.29) is 0 Å². The third kappa shape index (κ3) is 20.7. The molecule has 0 fully saturated rings. The Labute approximate surface area is 273 Å². The lowest BCUT2D eigenvalue weighted by Gasteiger charge is -2.29. The van der Waals surface area contributed by atoms with Crippen LogP contribution in [0.1, 0.15) is 144 Å². The Morgan fingerprint density at radius 1 is 0.268 bits per heavy atom. The summed E-state index contributed by atoms with van der Waals surface area (Å²) in [4.78, 5) is 0. The lowest BCUT2D eigenvalue weighted by Crippen LogP contribution is -2.27. The lowest BCUT2D eigenvalue weighted by atomic mass is 9.95. The molecule has 0 aliphatic carbocycles. The molecule has 0 aromatic rings. The first kappa shape index (κ1) is 44.2. The highest BCUT2D eigenvalue weighted by atomic mass is 27.2. The summed E-state index contributed by atoms with van der Waals surface area (Å²) in [6.07, 6.45) is 4.05. The first-order chi connectivity index (χ1) is 18.9. The molecule has 0 aliphatic rings. The zero-order chi connectivity index (χ0) is 32.4. The van der Waals surface area contributed by atoms with Gasteiger partial charge in [-0.05, 0) is 35.5 Å². The molecule has 0 aromatic heterocycles. The molecule has 0 saturated heterocycles. The monoisotopic (exact) mass is 607 g/mol. The smallest absolute Gasteiger partial charge is 0.0910 e. The second kappa shape index (κ2) is 24.3. The fraction of sp³-hybridized carbons (Fsp3) is 1.00. The molecule has 2 heteroatoms. The summed E-state index contributed by atoms with van der Waals surface area (Å²) in [5.74, 6) is 10.9. The van der Waals surface area contributed by atoms with Crippen LogP contribution in [-0.4, -0.2) is 28.3 Å². The van der Waals surface area contributed by atoms with E-state index in [1.54, 1.807) is 31.7 Å². The van der Waals surface area contributed by atoms with Crippen LogP contribution in [-0.2, 0) is 0 Å². The Hall–Kier alpha value is 1.06. The standard InChI is InChI=1S/3C7H15.3C6H13.2Al/c3*1-5-7(4)6(2)3;3*1-5(2)6(3)4;;/h3*6-7H,2,5H2,1,3-4H3;3*5-6H,1H2,2-4H3;;. The minimum absolute atomic E-state index is 0.576. The first-order valence-corrected chi connectivity index (χ1v) is 23.8. The average Bonchev–Trinajstić information content (AvgIpc) is 2.90. The maximum absolute atomic E-state index is 2.52. The Kier molecular flexibility index (Phi) is 26.2. The van der Waals surface area contributed by atoms with Crippen molar-refractivity contribution in [2.45, 2.75) is 176 Å². The highest BCUT2D eigenvalue weighted by Crippen LogP contribution is 2.32. The van der Waals surface area contributed by atoms with Gasteiger partial charge in [-0.25, -0.2) is 0 Å². The molecule has 9 atom stereocenters. The van der Waals surface area contributed by atoms with Crippen LogP contribution in [0.15, 0.2) is 0 Å². The molecule has 0 bridgehead atoms. The van der Waals surface area contributed by atoms with Crippen molar-refractivity contribution in [1.82, 2.24) is 0 Å². The quantitative estimate of drug-likeness (QED) is 0.114. The summed E-state index contributed by atoms with van der Waals surface area (Å²) in [6, 6.07) is 0. The molecule has 0 aromatic carbocycles. The van der Waals surface area contributed by atoms with Gasteiger partial charge >= 0.3 is 0 Å². The molecule has 246 valence electrons. The molecule has 0 spiro atoms. The zero-order valence-electron chi connectivity index (χ0n) is 32.4. The third-order valence-electron chi connectivity index (χ3n) is 12.5. The van der Waals surface area contributed by atoms with E-state index in [2.05, 4.69) is 125 Å². The molecular weight excluding hydrogens is 522 g/mol. The van der Waals surface area contributed by atoms with Crippen molar-refractivity contribution in [2.24, 2.45) is 71.0 Å². The number of hydrogen-bond donors (Lipinski definition) is 0. The third-order valence-corrected chi connectivity index (χ3v) is 21.0. The molecule has 0 nitrogen and oxygen atoms in total. The van der Waals surface area contributed by atoms with Gasteiger partial charge in [-0.3, -0.25) is 0 Å². The normalized spacial score (nSPS) is 18.7. The topological polar surface area (TPSA) is 0 Å². The largest absolute Gasteiger partial charge is 0.262 e. The van der Waals surface area contributed by atoms with Crippen LogP contribution in [0.4, 0.5) is 0 Å². The summed E-state index contributed by atoms with van der Waals surface area (Å²) in [7, 11) is 0. The predicted octanol–water partition coefficient (Wildman–Crippen LogP) is 13.9. The van der Waals surface area contributed by atoms with E-state index >= 15 is 0 Å². The SMILES string of the molecule is CC(C)C(C)[CH2][Al]([CH2]C(C)C(C)C)[CH2]C(C)C(C)C.CCC(C)C(C)[CH2][Al]([CH2]C(C)C(C)CC)[CH2]C(C)C(C)CC. The molecule has 0 rings (SSSR count). The number of rotatable bonds is 21. The van der Waals surface area contributed by atoms with Crippen LogP contribution in [0, 0.1) is 71.0 Å². The van der Waals surface area contributed by atoms with Crippen molar-refractivity contribution in [1.29, 1.82) is 0 Å². The molecule has 0 radical (unpaired) electrons. The van der Waals surface area contributed by atoms with Crippen molar-refractivity contribution in [2.75, 3.05) is 0 Å². The second-order valence-corrected chi connectivity index (χ2v) is 23.2. The highest BCUT2D eigenvalue weighted by Gasteiger charge is 2.29. The van der Waals surface area contributed by atoms with Crippen molar-refractivity contribution < 1.29 is 0 Å². The van der Waals surface area contributed by atoms with E-state index in [4.69, 9.17) is 0 Å². The Bertz CT molecular complexity index is 503. The van der Waals surface area contributed by atoms with E-state index in [9.17, 15) is 0 Å². The van der Waals surface area contributed by atoms with Gasteiger partial charge < -0.3 is 0 Å². The molecule has 9 unspecified atom stereocenters. The van der Waals surface area contributed by atoms with Crippen molar-refractivity contribution in [3.05, 3.63) is 0 Å². The minimum Gasteiger partial charge on any atom is -0.0910 e. The summed E-state index contributed by atoms with van der Waals surface area (Å²) in [6.45, 7) is 43.9. The molecule has 0 heterocycles. The Balaban J connectivity index is 0. The van der Waals surface area contributed by atoms with Crippen molar-refractivity contribution >= 4 is 28.3 Å². The van der Waals surface area contributed by atoms with E-state index in [0.717, 1.165) is 71.0 Å². The summed E-state index contributed by atoms with van der Waals surface area (Å²) >= 11 is -1.19. The van der Waals surface area contributed by atoms with Gasteiger partial charge in [-0.2, -0.15) is 0 Å². The van der Waals surface area contributed by atoms with Gasteiger partial charge in [-0.15, -0.1) is 0 Å².